The van der Waals surface area contributed by atoms with E-state index in [1.165, 1.54) is 19.3 Å². The minimum Gasteiger partial charge on any atom is -0.491 e. The van der Waals surface area contributed by atoms with E-state index >= 15 is 0 Å². The molecule has 10 heteroatoms. The van der Waals surface area contributed by atoms with Crippen LogP contribution in [0.5, 0.6) is 5.75 Å². The van der Waals surface area contributed by atoms with E-state index in [4.69, 9.17) is 4.74 Å². The molecule has 2 atom stereocenters. The van der Waals surface area contributed by atoms with Crippen molar-refractivity contribution in [1.29, 1.82) is 0 Å². The fourth-order valence-corrected chi connectivity index (χ4v) is 4.63. The van der Waals surface area contributed by atoms with E-state index in [1.807, 2.05) is 13.8 Å². The molecule has 0 aromatic heterocycles. The molecule has 10 nitrogen and oxygen atoms in total. The van der Waals surface area contributed by atoms with Gasteiger partial charge in [-0.05, 0) is 56.8 Å². The zero-order valence-electron chi connectivity index (χ0n) is 22.0. The van der Waals surface area contributed by atoms with Crippen LogP contribution in [-0.4, -0.2) is 79.9 Å². The van der Waals surface area contributed by atoms with Crippen LogP contribution in [-0.2, 0) is 14.4 Å². The maximum atomic E-state index is 13.1. The Morgan fingerprint density at radius 3 is 2.62 bits per heavy atom. The van der Waals surface area contributed by atoms with E-state index in [-0.39, 0.29) is 55.2 Å². The first kappa shape index (κ1) is 28.4. The van der Waals surface area contributed by atoms with Gasteiger partial charge in [-0.25, -0.2) is 0 Å². The standard InChI is InChI=1S/C27H41N5O5/c1-19(2)18-22-27(36)29-13-17-37-23-9-5-4-8-20(23)25(34)31-21(10-11-24(33)30-22)26(35)28-12-16-32-14-6-3-7-15-32/h4-5,8-9,19,21-22H,3,6-7,10-18H2,1-2H3,(H,28,35)(H,29,36)(H,30,33)(H,31,34)/t21-,22+/m0/s1. The molecule has 1 fully saturated rings. The van der Waals surface area contributed by atoms with Gasteiger partial charge in [0.25, 0.3) is 5.91 Å². The number of ether oxygens (including phenoxy) is 1. The van der Waals surface area contributed by atoms with Gasteiger partial charge in [0.1, 0.15) is 24.4 Å². The molecule has 2 aliphatic rings. The van der Waals surface area contributed by atoms with Gasteiger partial charge in [0.2, 0.25) is 17.7 Å². The summed E-state index contributed by atoms with van der Waals surface area (Å²) >= 11 is 0. The molecular formula is C27H41N5O5. The number of hydrogen-bond donors (Lipinski definition) is 4. The zero-order valence-corrected chi connectivity index (χ0v) is 22.0. The van der Waals surface area contributed by atoms with Crippen LogP contribution in [0.1, 0.15) is 62.7 Å². The van der Waals surface area contributed by atoms with Gasteiger partial charge in [-0.1, -0.05) is 32.4 Å². The number of likely N-dealkylation sites (tertiary alicyclic amines) is 1. The molecule has 0 unspecified atom stereocenters. The highest BCUT2D eigenvalue weighted by molar-refractivity contribution is 5.99. The summed E-state index contributed by atoms with van der Waals surface area (Å²) in [5.41, 5.74) is 0.289. The monoisotopic (exact) mass is 515 g/mol. The average Bonchev–Trinajstić information content (AvgIpc) is 2.88. The normalized spacial score (nSPS) is 22.4. The highest BCUT2D eigenvalue weighted by atomic mass is 16.5. The number of fused-ring (bicyclic) bond motifs is 1. The number of piperidine rings is 1. The molecule has 3 rings (SSSR count). The van der Waals surface area contributed by atoms with Crippen molar-refractivity contribution in [2.24, 2.45) is 5.92 Å². The molecule has 4 N–H and O–H groups in total. The maximum Gasteiger partial charge on any atom is 0.255 e. The van der Waals surface area contributed by atoms with Crippen molar-refractivity contribution in [3.05, 3.63) is 29.8 Å². The van der Waals surface area contributed by atoms with Crippen LogP contribution >= 0.6 is 0 Å². The molecule has 2 heterocycles. The maximum absolute atomic E-state index is 13.1. The van der Waals surface area contributed by atoms with Gasteiger partial charge in [0.15, 0.2) is 0 Å². The Bertz CT molecular complexity index is 932. The van der Waals surface area contributed by atoms with Gasteiger partial charge < -0.3 is 30.9 Å². The van der Waals surface area contributed by atoms with Crippen molar-refractivity contribution in [1.82, 2.24) is 26.2 Å². The van der Waals surface area contributed by atoms with Crippen molar-refractivity contribution < 1.29 is 23.9 Å². The lowest BCUT2D eigenvalue weighted by Gasteiger charge is -2.27. The number of nitrogens with one attached hydrogen (secondary N) is 4. The number of benzene rings is 1. The number of carbonyl (C=O) groups is 4. The highest BCUT2D eigenvalue weighted by Crippen LogP contribution is 2.18. The Balaban J connectivity index is 1.73. The third-order valence-electron chi connectivity index (χ3n) is 6.61. The Labute approximate surface area is 219 Å². The van der Waals surface area contributed by atoms with Gasteiger partial charge in [0.05, 0.1) is 12.1 Å². The summed E-state index contributed by atoms with van der Waals surface area (Å²) in [6.45, 7) is 7.60. The summed E-state index contributed by atoms with van der Waals surface area (Å²) in [6.07, 6.45) is 4.15. The summed E-state index contributed by atoms with van der Waals surface area (Å²) in [5, 5.41) is 11.3. The zero-order chi connectivity index (χ0) is 26.6. The largest absolute Gasteiger partial charge is 0.491 e. The average molecular weight is 516 g/mol. The Morgan fingerprint density at radius 2 is 1.86 bits per heavy atom. The molecule has 0 spiro atoms. The Morgan fingerprint density at radius 1 is 1.11 bits per heavy atom. The van der Waals surface area contributed by atoms with Gasteiger partial charge in [-0.3, -0.25) is 19.2 Å². The van der Waals surface area contributed by atoms with E-state index in [2.05, 4.69) is 26.2 Å². The molecule has 1 saturated heterocycles. The Kier molecular flexibility index (Phi) is 11.2. The topological polar surface area (TPSA) is 129 Å². The fourth-order valence-electron chi connectivity index (χ4n) is 4.63. The molecule has 0 radical (unpaired) electrons. The third-order valence-corrected chi connectivity index (χ3v) is 6.61. The minimum atomic E-state index is -0.907. The van der Waals surface area contributed by atoms with E-state index in [0.717, 1.165) is 19.6 Å². The van der Waals surface area contributed by atoms with Crippen LogP contribution in [0.15, 0.2) is 24.3 Å². The number of amides is 4. The van der Waals surface area contributed by atoms with Crippen LogP contribution < -0.4 is 26.0 Å². The van der Waals surface area contributed by atoms with Crippen LogP contribution in [0.25, 0.3) is 0 Å². The van der Waals surface area contributed by atoms with Crippen molar-refractivity contribution in [3.63, 3.8) is 0 Å². The second-order valence-electron chi connectivity index (χ2n) is 10.1. The van der Waals surface area contributed by atoms with Crippen molar-refractivity contribution in [2.45, 2.75) is 64.5 Å². The number of hydrogen-bond acceptors (Lipinski definition) is 6. The number of para-hydroxylation sites is 1. The summed E-state index contributed by atoms with van der Waals surface area (Å²) < 4.78 is 5.78. The highest BCUT2D eigenvalue weighted by Gasteiger charge is 2.26. The first-order valence-electron chi connectivity index (χ1n) is 13.4. The molecule has 0 saturated carbocycles. The summed E-state index contributed by atoms with van der Waals surface area (Å²) in [5.74, 6) is -0.857. The fraction of sp³-hybridized carbons (Fsp3) is 0.630. The SMILES string of the molecule is CC(C)C[C@H]1NC(=O)CC[C@@H](C(=O)NCCN2CCCCC2)NC(=O)c2ccccc2OCCNC1=O. The summed E-state index contributed by atoms with van der Waals surface area (Å²) in [7, 11) is 0. The predicted molar refractivity (Wildman–Crippen MR) is 140 cm³/mol. The van der Waals surface area contributed by atoms with Crippen LogP contribution in [0.3, 0.4) is 0 Å². The second kappa shape index (κ2) is 14.6. The minimum absolute atomic E-state index is 0.00941. The molecule has 1 aromatic carbocycles. The lowest BCUT2D eigenvalue weighted by atomic mass is 10.0. The predicted octanol–water partition coefficient (Wildman–Crippen LogP) is 1.21. The first-order valence-corrected chi connectivity index (χ1v) is 13.4. The van der Waals surface area contributed by atoms with E-state index in [0.29, 0.717) is 18.7 Å². The molecular weight excluding hydrogens is 474 g/mol. The number of carbonyl (C=O) groups excluding carboxylic acids is 4. The van der Waals surface area contributed by atoms with Crippen molar-refractivity contribution >= 4 is 23.6 Å². The van der Waals surface area contributed by atoms with E-state index < -0.39 is 18.0 Å². The number of nitrogens with zero attached hydrogens (tertiary/aromatic N) is 1. The van der Waals surface area contributed by atoms with Gasteiger partial charge in [0, 0.05) is 19.5 Å². The third kappa shape index (κ3) is 9.35. The molecule has 2 aliphatic heterocycles. The van der Waals surface area contributed by atoms with Gasteiger partial charge in [-0.15, -0.1) is 0 Å². The summed E-state index contributed by atoms with van der Waals surface area (Å²) in [4.78, 5) is 54.0. The van der Waals surface area contributed by atoms with Crippen molar-refractivity contribution in [3.8, 4) is 5.75 Å². The van der Waals surface area contributed by atoms with Crippen molar-refractivity contribution in [2.75, 3.05) is 39.3 Å². The molecule has 37 heavy (non-hydrogen) atoms. The van der Waals surface area contributed by atoms with E-state index in [9.17, 15) is 19.2 Å². The Hall–Kier alpha value is -3.14. The first-order chi connectivity index (χ1) is 17.8. The quantitative estimate of drug-likeness (QED) is 0.451. The van der Waals surface area contributed by atoms with Gasteiger partial charge >= 0.3 is 0 Å². The molecule has 1 aromatic rings. The van der Waals surface area contributed by atoms with Gasteiger partial charge in [-0.2, -0.15) is 0 Å². The van der Waals surface area contributed by atoms with Crippen LogP contribution in [0.4, 0.5) is 0 Å². The summed E-state index contributed by atoms with van der Waals surface area (Å²) in [6, 6.07) is 5.18. The molecule has 204 valence electrons. The smallest absolute Gasteiger partial charge is 0.255 e. The van der Waals surface area contributed by atoms with Crippen LogP contribution in [0.2, 0.25) is 0 Å². The lowest BCUT2D eigenvalue weighted by Crippen LogP contribution is -2.50. The van der Waals surface area contributed by atoms with Crippen LogP contribution in [0, 0.1) is 5.92 Å². The molecule has 0 aliphatic carbocycles. The second-order valence-corrected chi connectivity index (χ2v) is 10.1. The lowest BCUT2D eigenvalue weighted by molar-refractivity contribution is -0.130. The van der Waals surface area contributed by atoms with E-state index in [1.54, 1.807) is 24.3 Å². The number of rotatable bonds is 6. The molecule has 4 amide bonds. The molecule has 0 bridgehead atoms.